The third-order valence-electron chi connectivity index (χ3n) is 5.59. The van der Waals surface area contributed by atoms with Gasteiger partial charge in [-0.15, -0.1) is 0 Å². The van der Waals surface area contributed by atoms with E-state index in [0.717, 1.165) is 0 Å². The molecule has 2 aromatic heterocycles. The number of ether oxygens (including phenoxy) is 1. The fourth-order valence-corrected chi connectivity index (χ4v) is 6.13. The lowest BCUT2D eigenvalue weighted by Gasteiger charge is -2.32. The lowest BCUT2D eigenvalue weighted by Crippen LogP contribution is -2.34. The van der Waals surface area contributed by atoms with Crippen molar-refractivity contribution in [1.29, 1.82) is 0 Å². The highest BCUT2D eigenvalue weighted by molar-refractivity contribution is 8.07. The molecule has 0 aliphatic carbocycles. The minimum absolute atomic E-state index is 0.174. The van der Waals surface area contributed by atoms with Crippen molar-refractivity contribution < 1.29 is 32.9 Å². The maximum absolute atomic E-state index is 14.4. The summed E-state index contributed by atoms with van der Waals surface area (Å²) in [6, 6.07) is 4.29. The molecule has 2 aliphatic heterocycles. The normalized spacial score (nSPS) is 31.8. The first-order valence-corrected chi connectivity index (χ1v) is 13.2. The topological polar surface area (TPSA) is 147 Å². The first-order valence-electron chi connectivity index (χ1n) is 10.2. The van der Waals surface area contributed by atoms with Crippen LogP contribution in [0, 0.1) is 5.82 Å². The van der Waals surface area contributed by atoms with Gasteiger partial charge in [-0.1, -0.05) is 17.7 Å². The molecule has 182 valence electrons. The van der Waals surface area contributed by atoms with Crippen molar-refractivity contribution in [3.05, 3.63) is 47.3 Å². The van der Waals surface area contributed by atoms with Crippen LogP contribution in [0.4, 0.5) is 10.2 Å². The number of nitrogens with two attached hydrogens (primary N) is 1. The van der Waals surface area contributed by atoms with E-state index in [2.05, 4.69) is 15.0 Å². The number of benzene rings is 1. The Balaban J connectivity index is 1.28. The number of nitrogen functional groups attached to an aromatic ring is 1. The summed E-state index contributed by atoms with van der Waals surface area (Å²) in [6.07, 6.45) is -2.24. The molecule has 15 heteroatoms. The molecule has 2 fully saturated rings. The van der Waals surface area contributed by atoms with Crippen molar-refractivity contribution in [1.82, 2.24) is 19.5 Å². The third-order valence-corrected chi connectivity index (χ3v) is 8.19. The minimum atomic E-state index is -3.29. The van der Waals surface area contributed by atoms with E-state index < -0.39 is 43.2 Å². The molecule has 4 heterocycles. The van der Waals surface area contributed by atoms with Crippen LogP contribution in [0.5, 0.6) is 0 Å². The number of hydrogen-bond donors (Lipinski definition) is 3. The zero-order chi connectivity index (χ0) is 24.0. The van der Waals surface area contributed by atoms with Crippen LogP contribution in [0.2, 0.25) is 5.02 Å². The number of imidazole rings is 1. The van der Waals surface area contributed by atoms with Gasteiger partial charge in [0.2, 0.25) is 0 Å². The van der Waals surface area contributed by atoms with Crippen LogP contribution in [-0.2, 0) is 30.1 Å². The van der Waals surface area contributed by atoms with E-state index in [1.165, 1.54) is 29.4 Å². The van der Waals surface area contributed by atoms with E-state index in [9.17, 15) is 14.6 Å². The van der Waals surface area contributed by atoms with E-state index in [1.807, 2.05) is 0 Å². The molecule has 1 aromatic carbocycles. The molecule has 5 rings (SSSR count). The van der Waals surface area contributed by atoms with E-state index in [0.29, 0.717) is 23.1 Å². The third kappa shape index (κ3) is 4.43. The fraction of sp³-hybridized carbons (Fsp3) is 0.421. The molecular weight excluding hydrogens is 512 g/mol. The molecule has 1 unspecified atom stereocenters. The van der Waals surface area contributed by atoms with Crippen LogP contribution in [-0.4, -0.2) is 61.3 Å². The van der Waals surface area contributed by atoms with Gasteiger partial charge in [-0.25, -0.2) is 19.3 Å². The Bertz CT molecular complexity index is 1270. The Labute approximate surface area is 202 Å². The van der Waals surface area contributed by atoms with Crippen molar-refractivity contribution in [2.75, 3.05) is 18.9 Å². The average Bonchev–Trinajstić information content (AvgIpc) is 3.35. The molecule has 4 N–H and O–H groups in total. The second kappa shape index (κ2) is 9.34. The number of fused-ring (bicyclic) bond motifs is 1. The molecule has 0 saturated carbocycles. The van der Waals surface area contributed by atoms with Gasteiger partial charge in [0.15, 0.2) is 17.7 Å². The summed E-state index contributed by atoms with van der Waals surface area (Å²) in [4.78, 5) is 12.1. The number of anilines is 1. The monoisotopic (exact) mass is 531 g/mol. The van der Waals surface area contributed by atoms with E-state index in [-0.39, 0.29) is 24.1 Å². The first kappa shape index (κ1) is 23.9. The summed E-state index contributed by atoms with van der Waals surface area (Å²) in [7, 11) is 0. The lowest BCUT2D eigenvalue weighted by atomic mass is 10.1. The molecule has 2 aliphatic rings. The van der Waals surface area contributed by atoms with E-state index >= 15 is 0 Å². The molecule has 11 nitrogen and oxygen atoms in total. The van der Waals surface area contributed by atoms with E-state index in [4.69, 9.17) is 47.4 Å². The highest BCUT2D eigenvalue weighted by atomic mass is 35.5. The number of nitrogens with zero attached hydrogens (tertiary/aromatic N) is 4. The number of aliphatic hydroxyl groups is 2. The van der Waals surface area contributed by atoms with Gasteiger partial charge in [-0.2, -0.15) is 0 Å². The zero-order valence-electron chi connectivity index (χ0n) is 17.4. The van der Waals surface area contributed by atoms with Gasteiger partial charge >= 0.3 is 6.72 Å². The number of rotatable bonds is 5. The molecule has 2 saturated heterocycles. The summed E-state index contributed by atoms with van der Waals surface area (Å²) < 4.78 is 38.8. The van der Waals surface area contributed by atoms with Gasteiger partial charge in [0.25, 0.3) is 0 Å². The number of halogens is 2. The van der Waals surface area contributed by atoms with Crippen molar-refractivity contribution in [3.63, 3.8) is 0 Å². The summed E-state index contributed by atoms with van der Waals surface area (Å²) in [6.45, 7) is -3.32. The Kier molecular flexibility index (Phi) is 6.57. The van der Waals surface area contributed by atoms with Crippen molar-refractivity contribution in [2.45, 2.75) is 37.1 Å². The molecular formula is C19H20ClFN5O6PS. The fourth-order valence-electron chi connectivity index (χ4n) is 3.87. The first-order chi connectivity index (χ1) is 16.3. The minimum Gasteiger partial charge on any atom is -0.387 e. The lowest BCUT2D eigenvalue weighted by molar-refractivity contribution is -0.0533. The number of aliphatic hydroxyl groups excluding tert-OH is 2. The van der Waals surface area contributed by atoms with Crippen LogP contribution in [0.3, 0.4) is 0 Å². The van der Waals surface area contributed by atoms with Gasteiger partial charge in [0, 0.05) is 17.0 Å². The number of hydrogen-bond acceptors (Lipinski definition) is 11. The second-order valence-electron chi connectivity index (χ2n) is 7.75. The molecule has 34 heavy (non-hydrogen) atoms. The van der Waals surface area contributed by atoms with Gasteiger partial charge in [0.1, 0.15) is 36.0 Å². The van der Waals surface area contributed by atoms with Gasteiger partial charge in [0.05, 0.1) is 25.6 Å². The molecule has 0 amide bonds. The summed E-state index contributed by atoms with van der Waals surface area (Å²) in [5.41, 5.74) is 6.78. The standard InChI is InChI=1S/C19H20ClFN5O6PS/c20-9-1-2-10(11(21)5-9)12-3-4-29-33(34,32-12)30-6-13-15(27)16(28)19(31-13)26-8-25-14-17(22)23-7-24-18(14)26/h1-2,5,7-8,12-13,15-16,19,27-28H,3-4,6H2,(H2,22,23,24)/t12-,13+,15+,16+,19+,33?/m0/s1. The predicted octanol–water partition coefficient (Wildman–Crippen LogP) is 2.24. The summed E-state index contributed by atoms with van der Waals surface area (Å²) >= 11 is 11.3. The molecule has 0 radical (unpaired) electrons. The van der Waals surface area contributed by atoms with Crippen LogP contribution in [0.25, 0.3) is 11.2 Å². The van der Waals surface area contributed by atoms with Crippen LogP contribution in [0.1, 0.15) is 24.3 Å². The van der Waals surface area contributed by atoms with Crippen LogP contribution in [0.15, 0.2) is 30.9 Å². The van der Waals surface area contributed by atoms with Crippen LogP contribution < -0.4 is 5.73 Å². The predicted molar refractivity (Wildman–Crippen MR) is 122 cm³/mol. The maximum atomic E-state index is 14.4. The quantitative estimate of drug-likeness (QED) is 0.416. The summed E-state index contributed by atoms with van der Waals surface area (Å²) in [5, 5.41) is 21.4. The Morgan fingerprint density at radius 2 is 2.12 bits per heavy atom. The zero-order valence-corrected chi connectivity index (χ0v) is 19.9. The van der Waals surface area contributed by atoms with Gasteiger partial charge in [-0.3, -0.25) is 4.57 Å². The van der Waals surface area contributed by atoms with Gasteiger partial charge in [-0.05, 0) is 23.9 Å². The summed E-state index contributed by atoms with van der Waals surface area (Å²) in [5.74, 6) is -0.341. The molecule has 0 bridgehead atoms. The van der Waals surface area contributed by atoms with E-state index in [1.54, 1.807) is 6.07 Å². The molecule has 6 atom stereocenters. The maximum Gasteiger partial charge on any atom is 0.327 e. The smallest absolute Gasteiger partial charge is 0.327 e. The molecule has 3 aromatic rings. The van der Waals surface area contributed by atoms with Crippen LogP contribution >= 0.6 is 18.3 Å². The number of aromatic nitrogens is 4. The average molecular weight is 532 g/mol. The van der Waals surface area contributed by atoms with Gasteiger partial charge < -0.3 is 34.3 Å². The highest BCUT2D eigenvalue weighted by Gasteiger charge is 2.45. The Morgan fingerprint density at radius 1 is 1.29 bits per heavy atom. The SMILES string of the molecule is Nc1ncnc2c1ncn2[C@@H]1O[C@H](COP2(=S)OCC[C@@H](c3ccc(Cl)cc3F)O2)[C@@H](O)[C@H]1O. The Hall–Kier alpha value is -1.80. The largest absolute Gasteiger partial charge is 0.387 e. The molecule has 0 spiro atoms. The van der Waals surface area contributed by atoms with Crippen molar-refractivity contribution in [2.24, 2.45) is 0 Å². The van der Waals surface area contributed by atoms with Crippen molar-refractivity contribution in [3.8, 4) is 0 Å². The van der Waals surface area contributed by atoms with Crippen molar-refractivity contribution >= 4 is 47.1 Å². The second-order valence-corrected chi connectivity index (χ2v) is 11.2. The highest BCUT2D eigenvalue weighted by Crippen LogP contribution is 2.57. The Morgan fingerprint density at radius 3 is 2.91 bits per heavy atom.